The number of halogens is 3. The number of benzene rings is 3. The number of aromatic nitrogens is 2. The number of hydrogen-bond acceptors (Lipinski definition) is 4. The minimum atomic E-state index is -4.38. The van der Waals surface area contributed by atoms with Crippen LogP contribution < -0.4 is 4.74 Å². The molecule has 3 aromatic carbocycles. The lowest BCUT2D eigenvalue weighted by atomic mass is 10.1. The number of alkyl halides is 3. The Morgan fingerprint density at radius 2 is 1.85 bits per heavy atom. The summed E-state index contributed by atoms with van der Waals surface area (Å²) in [7, 11) is 0. The molecule has 34 heavy (non-hydrogen) atoms. The lowest BCUT2D eigenvalue weighted by Gasteiger charge is -2.11. The summed E-state index contributed by atoms with van der Waals surface area (Å²) in [4.78, 5) is 11.8. The van der Waals surface area contributed by atoms with E-state index in [2.05, 4.69) is 5.10 Å². The summed E-state index contributed by atoms with van der Waals surface area (Å²) in [6.07, 6.45) is -1.95. The average Bonchev–Trinajstić information content (AvgIpc) is 3.26. The van der Waals surface area contributed by atoms with Gasteiger partial charge in [0.1, 0.15) is 5.75 Å². The standard InChI is InChI=1S/C25H21F3N2O3S/c1-2-16-12-20(10-11-23(16)33-14-24(31)32)34-15-17-4-3-5-22-21(17)13-29-30(22)19-8-6-18(7-9-19)25(26,27)28/h3-13H,2,14-15H2,1H3,(H,31,32). The highest BCUT2D eigenvalue weighted by molar-refractivity contribution is 7.98. The molecule has 4 rings (SSSR count). The quantitative estimate of drug-likeness (QED) is 0.294. The third kappa shape index (κ3) is 5.20. The van der Waals surface area contributed by atoms with Crippen LogP contribution >= 0.6 is 11.8 Å². The first kappa shape index (κ1) is 23.7. The maximum absolute atomic E-state index is 12.9. The minimum absolute atomic E-state index is 0.385. The zero-order valence-corrected chi connectivity index (χ0v) is 19.0. The first-order valence-electron chi connectivity index (χ1n) is 10.5. The predicted octanol–water partition coefficient (Wildman–Crippen LogP) is 6.36. The molecule has 0 spiro atoms. The number of rotatable bonds is 8. The molecule has 0 fully saturated rings. The number of carbonyl (C=O) groups is 1. The molecule has 0 aliphatic carbocycles. The van der Waals surface area contributed by atoms with Crippen LogP contribution in [-0.4, -0.2) is 27.5 Å². The largest absolute Gasteiger partial charge is 0.482 e. The number of aliphatic carboxylic acids is 1. The average molecular weight is 487 g/mol. The van der Waals surface area contributed by atoms with Gasteiger partial charge in [0.2, 0.25) is 0 Å². The monoisotopic (exact) mass is 486 g/mol. The van der Waals surface area contributed by atoms with Gasteiger partial charge in [-0.2, -0.15) is 18.3 Å². The zero-order valence-electron chi connectivity index (χ0n) is 18.2. The molecular weight excluding hydrogens is 465 g/mol. The zero-order chi connectivity index (χ0) is 24.3. The molecule has 0 atom stereocenters. The number of aryl methyl sites for hydroxylation is 1. The number of carboxylic acids is 1. The van der Waals surface area contributed by atoms with Crippen molar-refractivity contribution in [2.75, 3.05) is 6.61 Å². The topological polar surface area (TPSA) is 64.4 Å². The van der Waals surface area contributed by atoms with E-state index in [0.717, 1.165) is 39.1 Å². The Kier molecular flexibility index (Phi) is 6.83. The van der Waals surface area contributed by atoms with E-state index in [0.29, 0.717) is 23.6 Å². The number of carboxylic acid groups (broad SMARTS) is 1. The molecule has 0 aliphatic rings. The Hall–Kier alpha value is -3.46. The van der Waals surface area contributed by atoms with Gasteiger partial charge in [0.15, 0.2) is 6.61 Å². The molecule has 0 amide bonds. The molecule has 176 valence electrons. The van der Waals surface area contributed by atoms with Gasteiger partial charge in [-0.05, 0) is 66.1 Å². The lowest BCUT2D eigenvalue weighted by molar-refractivity contribution is -0.139. The maximum atomic E-state index is 12.9. The van der Waals surface area contributed by atoms with Crippen LogP contribution in [0.25, 0.3) is 16.6 Å². The Balaban J connectivity index is 1.54. The highest BCUT2D eigenvalue weighted by atomic mass is 32.2. The molecule has 0 unspecified atom stereocenters. The van der Waals surface area contributed by atoms with Crippen LogP contribution in [0.3, 0.4) is 0 Å². The number of hydrogen-bond donors (Lipinski definition) is 1. The Morgan fingerprint density at radius 3 is 2.53 bits per heavy atom. The summed E-state index contributed by atoms with van der Waals surface area (Å²) in [5.74, 6) is 0.203. The molecule has 1 N–H and O–H groups in total. The van der Waals surface area contributed by atoms with Crippen LogP contribution in [0.1, 0.15) is 23.6 Å². The summed E-state index contributed by atoms with van der Waals surface area (Å²) >= 11 is 1.63. The first-order chi connectivity index (χ1) is 16.3. The molecule has 5 nitrogen and oxygen atoms in total. The molecule has 0 aliphatic heterocycles. The Labute approximate surface area is 198 Å². The van der Waals surface area contributed by atoms with Crippen molar-refractivity contribution in [1.29, 1.82) is 0 Å². The predicted molar refractivity (Wildman–Crippen MR) is 125 cm³/mol. The molecule has 0 saturated carbocycles. The highest BCUT2D eigenvalue weighted by Crippen LogP contribution is 2.33. The fourth-order valence-electron chi connectivity index (χ4n) is 3.60. The third-order valence-electron chi connectivity index (χ3n) is 5.30. The van der Waals surface area contributed by atoms with E-state index in [9.17, 15) is 18.0 Å². The highest BCUT2D eigenvalue weighted by Gasteiger charge is 2.30. The second-order valence-electron chi connectivity index (χ2n) is 7.55. The van der Waals surface area contributed by atoms with Crippen LogP contribution in [0.15, 0.2) is 71.8 Å². The fourth-order valence-corrected chi connectivity index (χ4v) is 4.56. The van der Waals surface area contributed by atoms with E-state index in [1.807, 2.05) is 37.3 Å². The lowest BCUT2D eigenvalue weighted by Crippen LogP contribution is -2.10. The minimum Gasteiger partial charge on any atom is -0.482 e. The molecule has 1 aromatic heterocycles. The Bertz CT molecular complexity index is 1320. The molecule has 0 bridgehead atoms. The van der Waals surface area contributed by atoms with E-state index in [4.69, 9.17) is 9.84 Å². The smallest absolute Gasteiger partial charge is 0.416 e. The van der Waals surface area contributed by atoms with Crippen LogP contribution in [-0.2, 0) is 23.1 Å². The molecule has 4 aromatic rings. The van der Waals surface area contributed by atoms with Crippen molar-refractivity contribution >= 4 is 28.6 Å². The molecule has 9 heteroatoms. The molecule has 1 heterocycles. The van der Waals surface area contributed by atoms with Crippen LogP contribution in [0.2, 0.25) is 0 Å². The fraction of sp³-hybridized carbons (Fsp3) is 0.200. The normalized spacial score (nSPS) is 11.6. The molecule has 0 saturated heterocycles. The van der Waals surface area contributed by atoms with Crippen molar-refractivity contribution in [3.8, 4) is 11.4 Å². The maximum Gasteiger partial charge on any atom is 0.416 e. The van der Waals surface area contributed by atoms with Gasteiger partial charge < -0.3 is 9.84 Å². The summed E-state index contributed by atoms with van der Waals surface area (Å²) in [6.45, 7) is 1.60. The number of fused-ring (bicyclic) bond motifs is 1. The first-order valence-corrected chi connectivity index (χ1v) is 11.5. The van der Waals surface area contributed by atoms with Gasteiger partial charge in [-0.1, -0.05) is 19.1 Å². The summed E-state index contributed by atoms with van der Waals surface area (Å²) in [5, 5.41) is 14.2. The van der Waals surface area contributed by atoms with Crippen molar-refractivity contribution in [2.24, 2.45) is 0 Å². The third-order valence-corrected chi connectivity index (χ3v) is 6.34. The van der Waals surface area contributed by atoms with E-state index in [1.165, 1.54) is 12.1 Å². The second kappa shape index (κ2) is 9.80. The van der Waals surface area contributed by atoms with Gasteiger partial charge in [-0.25, -0.2) is 9.48 Å². The number of thioether (sulfide) groups is 1. The van der Waals surface area contributed by atoms with Crippen LogP contribution in [0.4, 0.5) is 13.2 Å². The van der Waals surface area contributed by atoms with E-state index < -0.39 is 17.7 Å². The van der Waals surface area contributed by atoms with Gasteiger partial charge in [0.25, 0.3) is 0 Å². The summed E-state index contributed by atoms with van der Waals surface area (Å²) < 4.78 is 45.6. The van der Waals surface area contributed by atoms with Crippen molar-refractivity contribution in [2.45, 2.75) is 30.2 Å². The van der Waals surface area contributed by atoms with Gasteiger partial charge >= 0.3 is 12.1 Å². The van der Waals surface area contributed by atoms with Crippen molar-refractivity contribution in [1.82, 2.24) is 9.78 Å². The number of nitrogens with zero attached hydrogens (tertiary/aromatic N) is 2. The van der Waals surface area contributed by atoms with Crippen LogP contribution in [0.5, 0.6) is 5.75 Å². The van der Waals surface area contributed by atoms with E-state index >= 15 is 0 Å². The summed E-state index contributed by atoms with van der Waals surface area (Å²) in [6, 6.07) is 16.4. The summed E-state index contributed by atoms with van der Waals surface area (Å²) in [5.41, 5.74) is 2.64. The van der Waals surface area contributed by atoms with Crippen LogP contribution in [0, 0.1) is 0 Å². The SMILES string of the molecule is CCc1cc(SCc2cccc3c2cnn3-c2ccc(C(F)(F)F)cc2)ccc1OCC(=O)O. The Morgan fingerprint density at radius 1 is 1.09 bits per heavy atom. The molecule has 0 radical (unpaired) electrons. The van der Waals surface area contributed by atoms with Gasteiger partial charge in [0.05, 0.1) is 23.0 Å². The second-order valence-corrected chi connectivity index (χ2v) is 8.59. The van der Waals surface area contributed by atoms with Crippen molar-refractivity contribution in [3.05, 3.63) is 83.6 Å². The number of ether oxygens (including phenoxy) is 1. The van der Waals surface area contributed by atoms with Gasteiger partial charge in [-0.15, -0.1) is 11.8 Å². The van der Waals surface area contributed by atoms with Gasteiger partial charge in [-0.3, -0.25) is 0 Å². The molecular formula is C25H21F3N2O3S. The van der Waals surface area contributed by atoms with Crippen molar-refractivity contribution < 1.29 is 27.8 Å². The van der Waals surface area contributed by atoms with E-state index in [1.54, 1.807) is 28.7 Å². The van der Waals surface area contributed by atoms with Gasteiger partial charge in [0, 0.05) is 16.0 Å². The van der Waals surface area contributed by atoms with E-state index in [-0.39, 0.29) is 6.61 Å². The van der Waals surface area contributed by atoms with Crippen molar-refractivity contribution in [3.63, 3.8) is 0 Å².